The normalized spacial score (nSPS) is 20.9. The van der Waals surface area contributed by atoms with Crippen LogP contribution in [0, 0.1) is 0 Å². The molecule has 0 amide bonds. The van der Waals surface area contributed by atoms with Crippen molar-refractivity contribution in [1.82, 2.24) is 0 Å². The molecule has 6 unspecified atom stereocenters. The van der Waals surface area contributed by atoms with Gasteiger partial charge in [-0.1, -0.05) is 174 Å². The van der Waals surface area contributed by atoms with Gasteiger partial charge in [-0.2, -0.15) is 0 Å². The molecule has 1 rings (SSSR count). The number of unbranched alkanes of at least 4 members (excludes halogenated alkanes) is 25. The second-order valence-electron chi connectivity index (χ2n) is 15.2. The van der Waals surface area contributed by atoms with Gasteiger partial charge < -0.3 is 39.4 Å². The Balaban J connectivity index is 2.34. The van der Waals surface area contributed by atoms with E-state index >= 15 is 0 Å². The number of aliphatic hydroxyl groups excluding tert-OH is 4. The van der Waals surface area contributed by atoms with Crippen molar-refractivity contribution in [2.75, 3.05) is 19.8 Å². The number of carbonyl (C=O) groups is 2. The summed E-state index contributed by atoms with van der Waals surface area (Å²) in [4.78, 5) is 25.2. The van der Waals surface area contributed by atoms with E-state index in [1.807, 2.05) is 0 Å². The fourth-order valence-corrected chi connectivity index (χ4v) is 6.78. The Morgan fingerprint density at radius 1 is 0.519 bits per heavy atom. The zero-order valence-corrected chi connectivity index (χ0v) is 33.3. The molecule has 0 aliphatic carbocycles. The Bertz CT molecular complexity index is 825. The van der Waals surface area contributed by atoms with Gasteiger partial charge in [-0.15, -0.1) is 0 Å². The fraction of sp³-hybridized carbons (Fsp3) is 0.952. The van der Waals surface area contributed by atoms with Crippen LogP contribution in [-0.4, -0.2) is 89.0 Å². The molecule has 0 spiro atoms. The minimum Gasteiger partial charge on any atom is -0.462 e. The lowest BCUT2D eigenvalue weighted by Crippen LogP contribution is -2.59. The molecule has 308 valence electrons. The SMILES string of the molecule is CCCCCCCCCCCCCCCCC(=O)OC(COC(=O)CCCCCCCCCCCCCCC)COC1OC(CO)C(O)C(O)C1O. The standard InChI is InChI=1S/C42H80O10/c1-3-5-7-9-11-13-15-17-19-21-23-25-27-29-31-38(45)51-35(34-50-42-41(48)40(47)39(46)36(32-43)52-42)33-49-37(44)30-28-26-24-22-20-18-16-14-12-10-8-6-4-2/h35-36,39-43,46-48H,3-34H2,1-2H3. The molecular weight excluding hydrogens is 664 g/mol. The van der Waals surface area contributed by atoms with Crippen LogP contribution in [0.1, 0.15) is 200 Å². The second-order valence-corrected chi connectivity index (χ2v) is 15.2. The highest BCUT2D eigenvalue weighted by Crippen LogP contribution is 2.23. The molecule has 0 saturated carbocycles. The van der Waals surface area contributed by atoms with Gasteiger partial charge >= 0.3 is 11.9 Å². The van der Waals surface area contributed by atoms with Crippen LogP contribution < -0.4 is 0 Å². The smallest absolute Gasteiger partial charge is 0.306 e. The van der Waals surface area contributed by atoms with E-state index < -0.39 is 49.4 Å². The van der Waals surface area contributed by atoms with Gasteiger partial charge in [0, 0.05) is 12.8 Å². The zero-order chi connectivity index (χ0) is 38.1. The topological polar surface area (TPSA) is 152 Å². The summed E-state index contributed by atoms with van der Waals surface area (Å²) in [7, 11) is 0. The van der Waals surface area contributed by atoms with Gasteiger partial charge in [-0.25, -0.2) is 0 Å². The first-order chi connectivity index (χ1) is 25.3. The Kier molecular flexibility index (Phi) is 32.1. The van der Waals surface area contributed by atoms with Crippen LogP contribution in [0.5, 0.6) is 0 Å². The molecule has 0 aromatic rings. The summed E-state index contributed by atoms with van der Waals surface area (Å²) >= 11 is 0. The average molecular weight is 745 g/mol. The van der Waals surface area contributed by atoms with Crippen LogP contribution in [-0.2, 0) is 28.5 Å². The third kappa shape index (κ3) is 25.7. The Morgan fingerprint density at radius 2 is 0.904 bits per heavy atom. The molecule has 0 aromatic carbocycles. The van der Waals surface area contributed by atoms with E-state index in [-0.39, 0.29) is 32.0 Å². The predicted octanol–water partition coefficient (Wildman–Crippen LogP) is 8.61. The highest BCUT2D eigenvalue weighted by Gasteiger charge is 2.44. The summed E-state index contributed by atoms with van der Waals surface area (Å²) in [5.74, 6) is -0.794. The predicted molar refractivity (Wildman–Crippen MR) is 206 cm³/mol. The number of rotatable bonds is 36. The maximum absolute atomic E-state index is 12.7. The minimum atomic E-state index is -1.59. The third-order valence-electron chi connectivity index (χ3n) is 10.2. The second kappa shape index (κ2) is 34.2. The molecule has 1 aliphatic heterocycles. The number of hydrogen-bond donors (Lipinski definition) is 4. The van der Waals surface area contributed by atoms with E-state index in [0.717, 1.165) is 38.5 Å². The van der Waals surface area contributed by atoms with Crippen LogP contribution in [0.15, 0.2) is 0 Å². The van der Waals surface area contributed by atoms with Crippen molar-refractivity contribution in [3.63, 3.8) is 0 Å². The Labute approximate surface area is 317 Å². The maximum Gasteiger partial charge on any atom is 0.306 e. The van der Waals surface area contributed by atoms with Crippen LogP contribution in [0.2, 0.25) is 0 Å². The molecule has 6 atom stereocenters. The van der Waals surface area contributed by atoms with E-state index in [0.29, 0.717) is 6.42 Å². The molecular formula is C42H80O10. The van der Waals surface area contributed by atoms with Crippen molar-refractivity contribution < 1.29 is 49.0 Å². The first-order valence-electron chi connectivity index (χ1n) is 21.6. The Morgan fingerprint density at radius 3 is 1.31 bits per heavy atom. The highest BCUT2D eigenvalue weighted by molar-refractivity contribution is 5.70. The summed E-state index contributed by atoms with van der Waals surface area (Å²) in [5.41, 5.74) is 0. The van der Waals surface area contributed by atoms with E-state index in [2.05, 4.69) is 13.8 Å². The van der Waals surface area contributed by atoms with Crippen molar-refractivity contribution >= 4 is 11.9 Å². The highest BCUT2D eigenvalue weighted by atomic mass is 16.7. The average Bonchev–Trinajstić information content (AvgIpc) is 3.14. The molecule has 4 N–H and O–H groups in total. The minimum absolute atomic E-state index is 0.209. The van der Waals surface area contributed by atoms with Crippen molar-refractivity contribution in [2.45, 2.75) is 237 Å². The third-order valence-corrected chi connectivity index (χ3v) is 10.2. The van der Waals surface area contributed by atoms with Gasteiger partial charge in [-0.05, 0) is 12.8 Å². The number of esters is 2. The van der Waals surface area contributed by atoms with Crippen LogP contribution >= 0.6 is 0 Å². The summed E-state index contributed by atoms with van der Waals surface area (Å²) in [5, 5.41) is 40.0. The summed E-state index contributed by atoms with van der Waals surface area (Å²) in [6, 6.07) is 0. The fourth-order valence-electron chi connectivity index (χ4n) is 6.78. The summed E-state index contributed by atoms with van der Waals surface area (Å²) in [6.45, 7) is 3.44. The lowest BCUT2D eigenvalue weighted by atomic mass is 9.99. The molecule has 1 fully saturated rings. The molecule has 1 heterocycles. The first kappa shape index (κ1) is 48.7. The molecule has 0 bridgehead atoms. The van der Waals surface area contributed by atoms with Gasteiger partial charge in [0.2, 0.25) is 0 Å². The van der Waals surface area contributed by atoms with E-state index in [9.17, 15) is 30.0 Å². The van der Waals surface area contributed by atoms with Gasteiger partial charge in [0.15, 0.2) is 12.4 Å². The van der Waals surface area contributed by atoms with Crippen LogP contribution in [0.25, 0.3) is 0 Å². The monoisotopic (exact) mass is 745 g/mol. The van der Waals surface area contributed by atoms with Crippen molar-refractivity contribution in [1.29, 1.82) is 0 Å². The maximum atomic E-state index is 12.7. The van der Waals surface area contributed by atoms with Crippen LogP contribution in [0.3, 0.4) is 0 Å². The molecule has 52 heavy (non-hydrogen) atoms. The summed E-state index contributed by atoms with van der Waals surface area (Å²) in [6.07, 6.45) is 25.3. The van der Waals surface area contributed by atoms with Gasteiger partial charge in [0.25, 0.3) is 0 Å². The van der Waals surface area contributed by atoms with Crippen molar-refractivity contribution in [3.8, 4) is 0 Å². The summed E-state index contributed by atoms with van der Waals surface area (Å²) < 4.78 is 22.1. The number of ether oxygens (including phenoxy) is 4. The van der Waals surface area contributed by atoms with Crippen LogP contribution in [0.4, 0.5) is 0 Å². The molecule has 10 nitrogen and oxygen atoms in total. The number of aliphatic hydroxyl groups is 4. The lowest BCUT2D eigenvalue weighted by molar-refractivity contribution is -0.305. The van der Waals surface area contributed by atoms with Crippen molar-refractivity contribution in [3.05, 3.63) is 0 Å². The Hall–Kier alpha value is -1.30. The van der Waals surface area contributed by atoms with Gasteiger partial charge in [-0.3, -0.25) is 9.59 Å². The molecule has 0 radical (unpaired) electrons. The van der Waals surface area contributed by atoms with Gasteiger partial charge in [0.05, 0.1) is 13.2 Å². The quantitative estimate of drug-likeness (QED) is 0.0363. The van der Waals surface area contributed by atoms with E-state index in [1.165, 1.54) is 128 Å². The zero-order valence-electron chi connectivity index (χ0n) is 33.3. The molecule has 1 saturated heterocycles. The number of hydrogen-bond acceptors (Lipinski definition) is 10. The first-order valence-corrected chi connectivity index (χ1v) is 21.6. The van der Waals surface area contributed by atoms with E-state index in [4.69, 9.17) is 18.9 Å². The van der Waals surface area contributed by atoms with Crippen molar-refractivity contribution in [2.24, 2.45) is 0 Å². The molecule has 0 aromatic heterocycles. The number of carbonyl (C=O) groups excluding carboxylic acids is 2. The largest absolute Gasteiger partial charge is 0.462 e. The molecule has 1 aliphatic rings. The molecule has 10 heteroatoms. The van der Waals surface area contributed by atoms with Gasteiger partial charge in [0.1, 0.15) is 31.0 Å². The lowest BCUT2D eigenvalue weighted by Gasteiger charge is -2.39. The van der Waals surface area contributed by atoms with E-state index in [1.54, 1.807) is 0 Å².